The lowest BCUT2D eigenvalue weighted by Gasteiger charge is -2.28. The van der Waals surface area contributed by atoms with Gasteiger partial charge in [0.25, 0.3) is 6.43 Å². The minimum atomic E-state index is -2.48. The highest BCUT2D eigenvalue weighted by Crippen LogP contribution is 2.22. The molecule has 0 aromatic heterocycles. The third kappa shape index (κ3) is 6.26. The van der Waals surface area contributed by atoms with Crippen molar-refractivity contribution in [2.24, 2.45) is 11.7 Å². The molecule has 0 saturated heterocycles. The summed E-state index contributed by atoms with van der Waals surface area (Å²) >= 11 is 0. The molecular formula is C12H22F2N2O2. The van der Waals surface area contributed by atoms with Crippen molar-refractivity contribution in [1.82, 2.24) is 5.32 Å². The summed E-state index contributed by atoms with van der Waals surface area (Å²) < 4.78 is 28.2. The monoisotopic (exact) mass is 264 g/mol. The molecule has 18 heavy (non-hydrogen) atoms. The Kier molecular flexibility index (Phi) is 7.12. The molecule has 0 radical (unpaired) electrons. The van der Waals surface area contributed by atoms with Gasteiger partial charge in [-0.1, -0.05) is 12.8 Å². The highest BCUT2D eigenvalue weighted by molar-refractivity contribution is 5.75. The van der Waals surface area contributed by atoms with Gasteiger partial charge in [0, 0.05) is 19.0 Å². The number of alkyl halides is 2. The molecule has 0 spiro atoms. The lowest BCUT2D eigenvalue weighted by atomic mass is 9.85. The van der Waals surface area contributed by atoms with Crippen molar-refractivity contribution >= 4 is 5.91 Å². The molecule has 1 fully saturated rings. The van der Waals surface area contributed by atoms with Crippen molar-refractivity contribution in [3.05, 3.63) is 0 Å². The quantitative estimate of drug-likeness (QED) is 0.681. The molecule has 2 atom stereocenters. The van der Waals surface area contributed by atoms with Crippen molar-refractivity contribution in [3.63, 3.8) is 0 Å². The van der Waals surface area contributed by atoms with Crippen LogP contribution in [0.15, 0.2) is 0 Å². The lowest BCUT2D eigenvalue weighted by Crippen LogP contribution is -2.41. The van der Waals surface area contributed by atoms with E-state index in [1.807, 2.05) is 0 Å². The van der Waals surface area contributed by atoms with Crippen molar-refractivity contribution in [2.75, 3.05) is 19.8 Å². The van der Waals surface area contributed by atoms with Crippen LogP contribution in [0.1, 0.15) is 32.1 Å². The number of carbonyl (C=O) groups excluding carboxylic acids is 1. The van der Waals surface area contributed by atoms with Crippen molar-refractivity contribution < 1.29 is 18.3 Å². The smallest absolute Gasteiger partial charge is 0.261 e. The Hall–Kier alpha value is -0.750. The van der Waals surface area contributed by atoms with Crippen molar-refractivity contribution in [3.8, 4) is 0 Å². The van der Waals surface area contributed by atoms with Gasteiger partial charge in [-0.25, -0.2) is 8.78 Å². The Labute approximate surface area is 106 Å². The first-order chi connectivity index (χ1) is 8.59. The SMILES string of the molecule is NC1CCCCC1CNC(=O)CCOCC(F)F. The third-order valence-electron chi connectivity index (χ3n) is 3.25. The number of hydrogen-bond acceptors (Lipinski definition) is 3. The minimum absolute atomic E-state index is 0.0346. The van der Waals surface area contributed by atoms with E-state index in [0.717, 1.165) is 25.7 Å². The van der Waals surface area contributed by atoms with Crippen LogP contribution in [0.5, 0.6) is 0 Å². The Morgan fingerprint density at radius 3 is 2.78 bits per heavy atom. The van der Waals surface area contributed by atoms with Crippen molar-refractivity contribution in [1.29, 1.82) is 0 Å². The van der Waals surface area contributed by atoms with Crippen LogP contribution < -0.4 is 11.1 Å². The average Bonchev–Trinajstić information content (AvgIpc) is 2.33. The standard InChI is InChI=1S/C12H22F2N2O2/c13-11(14)8-18-6-5-12(17)16-7-9-3-1-2-4-10(9)15/h9-11H,1-8,15H2,(H,16,17). The number of ether oxygens (including phenoxy) is 1. The normalized spacial score (nSPS) is 24.2. The van der Waals surface area contributed by atoms with Crippen LogP contribution in [0.3, 0.4) is 0 Å². The average molecular weight is 264 g/mol. The molecule has 1 aliphatic carbocycles. The first-order valence-corrected chi connectivity index (χ1v) is 6.47. The molecule has 1 amide bonds. The van der Waals surface area contributed by atoms with Gasteiger partial charge in [-0.3, -0.25) is 4.79 Å². The maximum absolute atomic E-state index is 11.8. The first-order valence-electron chi connectivity index (χ1n) is 6.47. The fraction of sp³-hybridized carbons (Fsp3) is 0.917. The summed E-state index contributed by atoms with van der Waals surface area (Å²) in [6, 6.07) is 0.161. The molecule has 0 bridgehead atoms. The molecule has 0 aromatic carbocycles. The van der Waals surface area contributed by atoms with Crippen LogP contribution >= 0.6 is 0 Å². The fourth-order valence-electron chi connectivity index (χ4n) is 2.16. The molecule has 0 heterocycles. The maximum atomic E-state index is 11.8. The minimum Gasteiger partial charge on any atom is -0.375 e. The summed E-state index contributed by atoms with van der Waals surface area (Å²) in [6.45, 7) is 0.00250. The lowest BCUT2D eigenvalue weighted by molar-refractivity contribution is -0.122. The summed E-state index contributed by atoms with van der Waals surface area (Å²) in [4.78, 5) is 11.4. The Morgan fingerprint density at radius 1 is 1.39 bits per heavy atom. The molecule has 0 aromatic rings. The van der Waals surface area contributed by atoms with Gasteiger partial charge in [0.2, 0.25) is 5.91 Å². The van der Waals surface area contributed by atoms with E-state index in [9.17, 15) is 13.6 Å². The van der Waals surface area contributed by atoms with E-state index < -0.39 is 13.0 Å². The molecule has 106 valence electrons. The largest absolute Gasteiger partial charge is 0.375 e. The summed E-state index contributed by atoms with van der Waals surface area (Å²) in [7, 11) is 0. The predicted molar refractivity (Wildman–Crippen MR) is 64.4 cm³/mol. The zero-order chi connectivity index (χ0) is 13.4. The molecule has 1 rings (SSSR count). The highest BCUT2D eigenvalue weighted by atomic mass is 19.3. The molecule has 3 N–H and O–H groups in total. The Balaban J connectivity index is 2.05. The van der Waals surface area contributed by atoms with Gasteiger partial charge in [-0.15, -0.1) is 0 Å². The van der Waals surface area contributed by atoms with Gasteiger partial charge in [0.05, 0.1) is 6.61 Å². The molecule has 2 unspecified atom stereocenters. The third-order valence-corrected chi connectivity index (χ3v) is 3.25. The van der Waals surface area contributed by atoms with Crippen molar-refractivity contribution in [2.45, 2.75) is 44.6 Å². The van der Waals surface area contributed by atoms with E-state index >= 15 is 0 Å². The number of amides is 1. The molecular weight excluding hydrogens is 242 g/mol. The molecule has 1 aliphatic rings. The molecule has 4 nitrogen and oxygen atoms in total. The summed E-state index contributed by atoms with van der Waals surface area (Å²) in [6.07, 6.45) is 2.02. The second-order valence-corrected chi connectivity index (χ2v) is 4.73. The van der Waals surface area contributed by atoms with Crippen LogP contribution in [0, 0.1) is 5.92 Å². The number of halogens is 2. The molecule has 0 aliphatic heterocycles. The van der Waals surface area contributed by atoms with Gasteiger partial charge >= 0.3 is 0 Å². The van der Waals surface area contributed by atoms with Crippen LogP contribution in [-0.4, -0.2) is 38.1 Å². The number of nitrogens with two attached hydrogens (primary N) is 1. The Morgan fingerprint density at radius 2 is 2.11 bits per heavy atom. The van der Waals surface area contributed by atoms with Gasteiger partial charge < -0.3 is 15.8 Å². The summed E-state index contributed by atoms with van der Waals surface area (Å²) in [5, 5.41) is 2.78. The number of rotatable bonds is 7. The van der Waals surface area contributed by atoms with Gasteiger partial charge in [0.1, 0.15) is 6.61 Å². The zero-order valence-electron chi connectivity index (χ0n) is 10.5. The predicted octanol–water partition coefficient (Wildman–Crippen LogP) is 1.29. The second-order valence-electron chi connectivity index (χ2n) is 4.73. The Bertz CT molecular complexity index is 252. The highest BCUT2D eigenvalue weighted by Gasteiger charge is 2.21. The van der Waals surface area contributed by atoms with Crippen LogP contribution in [-0.2, 0) is 9.53 Å². The van der Waals surface area contributed by atoms with Gasteiger partial charge in [0.15, 0.2) is 0 Å². The topological polar surface area (TPSA) is 64.3 Å². The van der Waals surface area contributed by atoms with Crippen LogP contribution in [0.4, 0.5) is 8.78 Å². The second kappa shape index (κ2) is 8.37. The van der Waals surface area contributed by atoms with Crippen LogP contribution in [0.2, 0.25) is 0 Å². The van der Waals surface area contributed by atoms with Crippen LogP contribution in [0.25, 0.3) is 0 Å². The van der Waals surface area contributed by atoms with E-state index in [1.165, 1.54) is 0 Å². The maximum Gasteiger partial charge on any atom is 0.261 e. The fourth-order valence-corrected chi connectivity index (χ4v) is 2.16. The number of nitrogens with one attached hydrogen (secondary N) is 1. The zero-order valence-corrected chi connectivity index (χ0v) is 10.5. The van der Waals surface area contributed by atoms with E-state index in [0.29, 0.717) is 12.5 Å². The van der Waals surface area contributed by atoms with E-state index in [4.69, 9.17) is 5.73 Å². The number of carbonyl (C=O) groups is 1. The summed E-state index contributed by atoms with van der Waals surface area (Å²) in [5.74, 6) is 0.173. The first kappa shape index (κ1) is 15.3. The number of hydrogen-bond donors (Lipinski definition) is 2. The van der Waals surface area contributed by atoms with E-state index in [1.54, 1.807) is 0 Å². The molecule has 6 heteroatoms. The van der Waals surface area contributed by atoms with Gasteiger partial charge in [-0.05, 0) is 18.8 Å². The summed E-state index contributed by atoms with van der Waals surface area (Å²) in [5.41, 5.74) is 5.96. The van der Waals surface area contributed by atoms with Gasteiger partial charge in [-0.2, -0.15) is 0 Å². The van der Waals surface area contributed by atoms with E-state index in [-0.39, 0.29) is 25.0 Å². The molecule has 1 saturated carbocycles. The van der Waals surface area contributed by atoms with E-state index in [2.05, 4.69) is 10.1 Å².